The van der Waals surface area contributed by atoms with Crippen LogP contribution in [0.3, 0.4) is 0 Å². The lowest BCUT2D eigenvalue weighted by Gasteiger charge is -2.15. The van der Waals surface area contributed by atoms with E-state index in [-0.39, 0.29) is 18.6 Å². The molecule has 0 aliphatic heterocycles. The van der Waals surface area contributed by atoms with E-state index in [4.69, 9.17) is 4.74 Å². The molecule has 1 heterocycles. The van der Waals surface area contributed by atoms with Crippen molar-refractivity contribution in [2.45, 2.75) is 26.1 Å². The Hall–Kier alpha value is -2.86. The fraction of sp³-hybridized carbons (Fsp3) is 0.263. The highest BCUT2D eigenvalue weighted by Gasteiger charge is 2.16. The van der Waals surface area contributed by atoms with Crippen LogP contribution in [-0.2, 0) is 0 Å². The molecule has 1 aromatic heterocycles. The number of aliphatic hydroxyl groups is 1. The number of benzene rings is 2. The predicted octanol–water partition coefficient (Wildman–Crippen LogP) is 2.81. The van der Waals surface area contributed by atoms with Gasteiger partial charge >= 0.3 is 0 Å². The number of H-pyrrole nitrogens is 1. The van der Waals surface area contributed by atoms with Crippen molar-refractivity contribution in [3.8, 4) is 5.75 Å². The molecule has 3 rings (SSSR count). The normalized spacial score (nSPS) is 12.3. The number of amides is 1. The Morgan fingerprint density at radius 3 is 2.84 bits per heavy atom. The van der Waals surface area contributed by atoms with Gasteiger partial charge < -0.3 is 15.2 Å². The van der Waals surface area contributed by atoms with Crippen LogP contribution in [0.25, 0.3) is 10.9 Å². The minimum atomic E-state index is -0.829. The summed E-state index contributed by atoms with van der Waals surface area (Å²) in [5.74, 6) is 0.363. The van der Waals surface area contributed by atoms with E-state index in [0.29, 0.717) is 17.0 Å². The largest absolute Gasteiger partial charge is 0.491 e. The molecule has 3 N–H and O–H groups in total. The lowest BCUT2D eigenvalue weighted by atomic mass is 10.1. The molecule has 0 saturated carbocycles. The molecule has 0 saturated heterocycles. The second-order valence-corrected chi connectivity index (χ2v) is 6.08. The average Bonchev–Trinajstić information content (AvgIpc) is 3.03. The average molecular weight is 339 g/mol. The van der Waals surface area contributed by atoms with E-state index in [1.807, 2.05) is 50.2 Å². The van der Waals surface area contributed by atoms with Gasteiger partial charge in [-0.05, 0) is 37.6 Å². The van der Waals surface area contributed by atoms with Gasteiger partial charge in [-0.3, -0.25) is 9.89 Å². The fourth-order valence-corrected chi connectivity index (χ4v) is 2.59. The monoisotopic (exact) mass is 339 g/mol. The van der Waals surface area contributed by atoms with E-state index < -0.39 is 6.10 Å². The maximum Gasteiger partial charge on any atom is 0.272 e. The zero-order chi connectivity index (χ0) is 17.8. The van der Waals surface area contributed by atoms with Crippen LogP contribution in [0.5, 0.6) is 5.75 Å². The second kappa shape index (κ2) is 7.36. The zero-order valence-electron chi connectivity index (χ0n) is 14.2. The molecule has 6 nitrogen and oxygen atoms in total. The van der Waals surface area contributed by atoms with Crippen LogP contribution in [0.15, 0.2) is 48.5 Å². The van der Waals surface area contributed by atoms with Gasteiger partial charge in [0.15, 0.2) is 5.69 Å². The van der Waals surface area contributed by atoms with Crippen molar-refractivity contribution in [3.63, 3.8) is 0 Å². The zero-order valence-corrected chi connectivity index (χ0v) is 14.2. The Kier molecular flexibility index (Phi) is 5.00. The van der Waals surface area contributed by atoms with Crippen molar-refractivity contribution in [3.05, 3.63) is 59.8 Å². The third-order valence-electron chi connectivity index (χ3n) is 3.76. The molecule has 0 fully saturated rings. The number of aromatic nitrogens is 2. The highest BCUT2D eigenvalue weighted by Crippen LogP contribution is 2.20. The van der Waals surface area contributed by atoms with E-state index in [0.717, 1.165) is 10.9 Å². The van der Waals surface area contributed by atoms with Crippen LogP contribution in [0.4, 0.5) is 0 Å². The summed E-state index contributed by atoms with van der Waals surface area (Å²) < 4.78 is 5.63. The van der Waals surface area contributed by atoms with Crippen molar-refractivity contribution >= 4 is 16.8 Å². The fourth-order valence-electron chi connectivity index (χ4n) is 2.59. The third kappa shape index (κ3) is 3.97. The maximum atomic E-state index is 12.3. The van der Waals surface area contributed by atoms with Crippen LogP contribution in [0, 0.1) is 0 Å². The number of aromatic amines is 1. The number of carbonyl (C=O) groups is 1. The smallest absolute Gasteiger partial charge is 0.272 e. The number of rotatable bonds is 6. The van der Waals surface area contributed by atoms with Crippen molar-refractivity contribution in [2.24, 2.45) is 0 Å². The van der Waals surface area contributed by atoms with Crippen LogP contribution in [0.2, 0.25) is 0 Å². The molecule has 6 heteroatoms. The lowest BCUT2D eigenvalue weighted by molar-refractivity contribution is 0.0913. The molecule has 1 atom stereocenters. The highest BCUT2D eigenvalue weighted by molar-refractivity contribution is 6.04. The van der Waals surface area contributed by atoms with Crippen LogP contribution in [-0.4, -0.2) is 33.9 Å². The highest BCUT2D eigenvalue weighted by atomic mass is 16.5. The van der Waals surface area contributed by atoms with E-state index in [1.54, 1.807) is 12.1 Å². The first-order chi connectivity index (χ1) is 12.0. The van der Waals surface area contributed by atoms with Crippen LogP contribution >= 0.6 is 0 Å². The predicted molar refractivity (Wildman–Crippen MR) is 95.6 cm³/mol. The van der Waals surface area contributed by atoms with Gasteiger partial charge in [0, 0.05) is 11.9 Å². The number of carbonyl (C=O) groups excluding carboxylic acids is 1. The number of aliphatic hydroxyl groups excluding tert-OH is 1. The summed E-state index contributed by atoms with van der Waals surface area (Å²) in [7, 11) is 0. The van der Waals surface area contributed by atoms with E-state index in [9.17, 15) is 9.90 Å². The molecule has 130 valence electrons. The summed E-state index contributed by atoms with van der Waals surface area (Å²) in [5, 5.41) is 20.7. The molecule has 2 aromatic carbocycles. The minimum Gasteiger partial charge on any atom is -0.491 e. The first-order valence-electron chi connectivity index (χ1n) is 8.20. The van der Waals surface area contributed by atoms with Gasteiger partial charge in [-0.1, -0.05) is 30.3 Å². The molecular formula is C19H21N3O3. The standard InChI is InChI=1S/C19H21N3O3/c1-12(2)25-14-7-5-6-13(10-14)17(23)11-20-19(24)18-15-8-3-4-9-16(15)21-22-18/h3-10,12,17,23H,11H2,1-2H3,(H,20,24)(H,21,22). The Morgan fingerprint density at radius 1 is 1.24 bits per heavy atom. The Balaban J connectivity index is 1.66. The van der Waals surface area contributed by atoms with Gasteiger partial charge in [0.1, 0.15) is 5.75 Å². The maximum absolute atomic E-state index is 12.3. The second-order valence-electron chi connectivity index (χ2n) is 6.08. The number of nitrogens with zero attached hydrogens (tertiary/aromatic N) is 1. The number of fused-ring (bicyclic) bond motifs is 1. The van der Waals surface area contributed by atoms with Crippen LogP contribution < -0.4 is 10.1 Å². The van der Waals surface area contributed by atoms with Crippen molar-refractivity contribution in [1.82, 2.24) is 15.5 Å². The van der Waals surface area contributed by atoms with E-state index in [1.165, 1.54) is 0 Å². The van der Waals surface area contributed by atoms with Gasteiger partial charge in [0.25, 0.3) is 5.91 Å². The van der Waals surface area contributed by atoms with Gasteiger partial charge in [-0.25, -0.2) is 0 Å². The van der Waals surface area contributed by atoms with Crippen molar-refractivity contribution < 1.29 is 14.6 Å². The minimum absolute atomic E-state index is 0.0556. The molecule has 1 amide bonds. The van der Waals surface area contributed by atoms with Crippen LogP contribution in [0.1, 0.15) is 36.0 Å². The molecule has 0 aliphatic rings. The van der Waals surface area contributed by atoms with Gasteiger partial charge in [-0.15, -0.1) is 0 Å². The summed E-state index contributed by atoms with van der Waals surface area (Å²) >= 11 is 0. The topological polar surface area (TPSA) is 87.2 Å². The Bertz CT molecular complexity index is 873. The number of nitrogens with one attached hydrogen (secondary N) is 2. The molecule has 1 unspecified atom stereocenters. The molecule has 0 spiro atoms. The van der Waals surface area contributed by atoms with Gasteiger partial charge in [0.05, 0.1) is 17.7 Å². The van der Waals surface area contributed by atoms with Gasteiger partial charge in [0.2, 0.25) is 0 Å². The van der Waals surface area contributed by atoms with Crippen molar-refractivity contribution in [1.29, 1.82) is 0 Å². The number of para-hydroxylation sites is 1. The number of ether oxygens (including phenoxy) is 1. The van der Waals surface area contributed by atoms with E-state index >= 15 is 0 Å². The summed E-state index contributed by atoms with van der Waals surface area (Å²) in [6.07, 6.45) is -0.773. The quantitative estimate of drug-likeness (QED) is 0.644. The summed E-state index contributed by atoms with van der Waals surface area (Å²) in [4.78, 5) is 12.3. The number of hydrogen-bond acceptors (Lipinski definition) is 4. The summed E-state index contributed by atoms with van der Waals surface area (Å²) in [6.45, 7) is 3.97. The first-order valence-corrected chi connectivity index (χ1v) is 8.20. The SMILES string of the molecule is CC(C)Oc1cccc(C(O)CNC(=O)c2n[nH]c3ccccc23)c1. The third-order valence-corrected chi connectivity index (χ3v) is 3.76. The Morgan fingerprint density at radius 2 is 2.04 bits per heavy atom. The Labute approximate surface area is 145 Å². The molecule has 0 radical (unpaired) electrons. The first kappa shape index (κ1) is 17.0. The molecule has 0 bridgehead atoms. The molecule has 3 aromatic rings. The van der Waals surface area contributed by atoms with E-state index in [2.05, 4.69) is 15.5 Å². The summed E-state index contributed by atoms with van der Waals surface area (Å²) in [5.41, 5.74) is 1.80. The molecule has 0 aliphatic carbocycles. The summed E-state index contributed by atoms with van der Waals surface area (Å²) in [6, 6.07) is 14.6. The lowest BCUT2D eigenvalue weighted by Crippen LogP contribution is -2.28. The van der Waals surface area contributed by atoms with Crippen molar-refractivity contribution in [2.75, 3.05) is 6.54 Å². The molecule has 25 heavy (non-hydrogen) atoms. The van der Waals surface area contributed by atoms with Gasteiger partial charge in [-0.2, -0.15) is 5.10 Å². The molecular weight excluding hydrogens is 318 g/mol. The number of hydrogen-bond donors (Lipinski definition) is 3.